The molecule has 3 aliphatic rings. The van der Waals surface area contributed by atoms with E-state index in [9.17, 15) is 13.2 Å². The number of nitrogens with zero attached hydrogens (tertiary/aromatic N) is 2. The Hall–Kier alpha value is -2.33. The second-order valence-electron chi connectivity index (χ2n) is 10.4. The normalized spacial score (nSPS) is 25.4. The van der Waals surface area contributed by atoms with Gasteiger partial charge in [-0.1, -0.05) is 30.3 Å². The van der Waals surface area contributed by atoms with Crippen molar-refractivity contribution in [1.29, 1.82) is 0 Å². The van der Waals surface area contributed by atoms with E-state index in [1.165, 1.54) is 5.56 Å². The first-order chi connectivity index (χ1) is 17.5. The van der Waals surface area contributed by atoms with Gasteiger partial charge < -0.3 is 16.0 Å². The van der Waals surface area contributed by atoms with Gasteiger partial charge in [0.1, 0.15) is 0 Å². The highest BCUT2D eigenvalue weighted by molar-refractivity contribution is 7.90. The number of anilines is 1. The van der Waals surface area contributed by atoms with Crippen molar-refractivity contribution >= 4 is 21.6 Å². The van der Waals surface area contributed by atoms with Crippen molar-refractivity contribution in [2.24, 2.45) is 0 Å². The summed E-state index contributed by atoms with van der Waals surface area (Å²) in [6.07, 6.45) is 8.78. The average molecular weight is 512 g/mol. The van der Waals surface area contributed by atoms with E-state index in [1.807, 2.05) is 24.3 Å². The molecule has 2 saturated heterocycles. The molecule has 1 aliphatic carbocycles. The van der Waals surface area contributed by atoms with Gasteiger partial charge in [0, 0.05) is 50.3 Å². The van der Waals surface area contributed by atoms with Crippen LogP contribution in [0.3, 0.4) is 0 Å². The number of sulfonamides is 1. The molecular formula is C27H37N5O3S. The lowest BCUT2D eigenvalue weighted by atomic mass is 9.72. The van der Waals surface area contributed by atoms with Gasteiger partial charge in [-0.05, 0) is 62.3 Å². The maximum Gasteiger partial charge on any atom is 0.225 e. The van der Waals surface area contributed by atoms with Gasteiger partial charge in [-0.25, -0.2) is 8.42 Å². The molecule has 2 atom stereocenters. The number of aromatic nitrogens is 1. The van der Waals surface area contributed by atoms with Gasteiger partial charge in [0.25, 0.3) is 0 Å². The molecular weight excluding hydrogens is 474 g/mol. The van der Waals surface area contributed by atoms with E-state index in [0.29, 0.717) is 38.9 Å². The highest BCUT2D eigenvalue weighted by atomic mass is 32.2. The van der Waals surface area contributed by atoms with Gasteiger partial charge >= 0.3 is 0 Å². The van der Waals surface area contributed by atoms with Crippen LogP contribution in [0.25, 0.3) is 0 Å². The average Bonchev–Trinajstić information content (AvgIpc) is 3.76. The Kier molecular flexibility index (Phi) is 7.71. The quantitative estimate of drug-likeness (QED) is 0.478. The molecule has 36 heavy (non-hydrogen) atoms. The number of carbonyl (C=O) groups is 1. The first-order valence-corrected chi connectivity index (χ1v) is 14.7. The monoisotopic (exact) mass is 511 g/mol. The number of piperidine rings is 1. The molecule has 9 heteroatoms. The summed E-state index contributed by atoms with van der Waals surface area (Å²) in [5.41, 5.74) is 2.68. The van der Waals surface area contributed by atoms with Crippen LogP contribution < -0.4 is 16.0 Å². The maximum atomic E-state index is 13.3. The van der Waals surface area contributed by atoms with E-state index in [-0.39, 0.29) is 22.6 Å². The standard InChI is InChI=1S/C27H37N5O3S/c33-26(17-27(12-4-13-30-20-27)22-5-2-1-3-6-22)31-25-19-28-14-11-21(25)7-8-23-18-29-15-16-32(23)36(34,35)24-9-10-24/h1-3,5-6,11,14,19,23-24,29-30H,4,7-10,12-13,15-18,20H2,(H,31,33)/t23-,27?/m0/s1. The van der Waals surface area contributed by atoms with Gasteiger partial charge in [-0.3, -0.25) is 9.78 Å². The molecule has 1 saturated carbocycles. The Balaban J connectivity index is 1.26. The van der Waals surface area contributed by atoms with E-state index in [2.05, 4.69) is 33.1 Å². The van der Waals surface area contributed by atoms with Gasteiger partial charge in [-0.2, -0.15) is 4.31 Å². The lowest BCUT2D eigenvalue weighted by Crippen LogP contribution is -2.54. The van der Waals surface area contributed by atoms with Crippen molar-refractivity contribution in [1.82, 2.24) is 19.9 Å². The van der Waals surface area contributed by atoms with Crippen LogP contribution in [0.4, 0.5) is 5.69 Å². The van der Waals surface area contributed by atoms with Crippen molar-refractivity contribution in [2.75, 3.05) is 38.0 Å². The fourth-order valence-corrected chi connectivity index (χ4v) is 7.77. The Morgan fingerprint density at radius 1 is 1.14 bits per heavy atom. The predicted molar refractivity (Wildman–Crippen MR) is 141 cm³/mol. The Morgan fingerprint density at radius 3 is 2.72 bits per heavy atom. The second-order valence-corrected chi connectivity index (χ2v) is 12.6. The van der Waals surface area contributed by atoms with Crippen molar-refractivity contribution in [3.05, 3.63) is 59.9 Å². The van der Waals surface area contributed by atoms with E-state index in [1.54, 1.807) is 16.7 Å². The molecule has 3 fully saturated rings. The fourth-order valence-electron chi connectivity index (χ4n) is 5.72. The van der Waals surface area contributed by atoms with Crippen LogP contribution in [0.1, 0.15) is 49.7 Å². The summed E-state index contributed by atoms with van der Waals surface area (Å²) in [6, 6.07) is 12.2. The van der Waals surface area contributed by atoms with Gasteiger partial charge in [0.05, 0.1) is 17.1 Å². The number of amides is 1. The number of carbonyl (C=O) groups excluding carboxylic acids is 1. The van der Waals surface area contributed by atoms with Crippen molar-refractivity contribution in [3.8, 4) is 0 Å². The molecule has 1 aromatic heterocycles. The van der Waals surface area contributed by atoms with E-state index < -0.39 is 10.0 Å². The Morgan fingerprint density at radius 2 is 1.97 bits per heavy atom. The van der Waals surface area contributed by atoms with Crippen LogP contribution in [-0.4, -0.2) is 67.6 Å². The van der Waals surface area contributed by atoms with E-state index in [4.69, 9.17) is 0 Å². The summed E-state index contributed by atoms with van der Waals surface area (Å²) >= 11 is 0. The number of hydrogen-bond acceptors (Lipinski definition) is 6. The Bertz CT molecular complexity index is 1150. The maximum absolute atomic E-state index is 13.3. The minimum absolute atomic E-state index is 0.0194. The summed E-state index contributed by atoms with van der Waals surface area (Å²) in [4.78, 5) is 17.6. The van der Waals surface area contributed by atoms with Crippen LogP contribution in [0, 0.1) is 0 Å². The van der Waals surface area contributed by atoms with Crippen molar-refractivity contribution in [2.45, 2.75) is 61.7 Å². The minimum Gasteiger partial charge on any atom is -0.324 e. The molecule has 3 N–H and O–H groups in total. The molecule has 2 aliphatic heterocycles. The van der Waals surface area contributed by atoms with Crippen molar-refractivity contribution in [3.63, 3.8) is 0 Å². The zero-order chi connectivity index (χ0) is 25.0. The SMILES string of the molecule is O=C(CC1(c2ccccc2)CCCNC1)Nc1cnccc1CC[C@H]1CNCCN1S(=O)(=O)C1CC1. The number of aryl methyl sites for hydroxylation is 1. The first kappa shape index (κ1) is 25.3. The van der Waals surface area contributed by atoms with Gasteiger partial charge in [0.15, 0.2) is 0 Å². The minimum atomic E-state index is -3.22. The molecule has 1 amide bonds. The molecule has 5 rings (SSSR count). The number of nitrogens with one attached hydrogen (secondary N) is 3. The lowest BCUT2D eigenvalue weighted by Gasteiger charge is -2.38. The number of pyridine rings is 1. The summed E-state index contributed by atoms with van der Waals surface area (Å²) in [6.45, 7) is 3.64. The smallest absolute Gasteiger partial charge is 0.225 e. The summed E-state index contributed by atoms with van der Waals surface area (Å²) in [5.74, 6) is -0.0194. The van der Waals surface area contributed by atoms with E-state index >= 15 is 0 Å². The van der Waals surface area contributed by atoms with Crippen LogP contribution >= 0.6 is 0 Å². The van der Waals surface area contributed by atoms with Gasteiger partial charge in [0.2, 0.25) is 15.9 Å². The zero-order valence-electron chi connectivity index (χ0n) is 20.8. The molecule has 194 valence electrons. The topological polar surface area (TPSA) is 103 Å². The molecule has 1 unspecified atom stereocenters. The third-order valence-electron chi connectivity index (χ3n) is 7.86. The lowest BCUT2D eigenvalue weighted by molar-refractivity contribution is -0.117. The third kappa shape index (κ3) is 5.64. The van der Waals surface area contributed by atoms with Crippen LogP contribution in [0.15, 0.2) is 48.8 Å². The molecule has 0 bridgehead atoms. The number of rotatable bonds is 9. The number of hydrogen-bond donors (Lipinski definition) is 3. The zero-order valence-corrected chi connectivity index (χ0v) is 21.6. The summed E-state index contributed by atoms with van der Waals surface area (Å²) < 4.78 is 27.6. The molecule has 1 aromatic carbocycles. The van der Waals surface area contributed by atoms with Gasteiger partial charge in [-0.15, -0.1) is 0 Å². The third-order valence-corrected chi connectivity index (χ3v) is 10.3. The first-order valence-electron chi connectivity index (χ1n) is 13.2. The van der Waals surface area contributed by atoms with Crippen LogP contribution in [0.2, 0.25) is 0 Å². The summed E-state index contributed by atoms with van der Waals surface area (Å²) in [5, 5.41) is 9.78. The summed E-state index contributed by atoms with van der Waals surface area (Å²) in [7, 11) is -3.22. The number of piperazine rings is 1. The molecule has 8 nitrogen and oxygen atoms in total. The molecule has 0 spiro atoms. The van der Waals surface area contributed by atoms with E-state index in [0.717, 1.165) is 50.0 Å². The molecule has 0 radical (unpaired) electrons. The van der Waals surface area contributed by atoms with Crippen LogP contribution in [0.5, 0.6) is 0 Å². The molecule has 3 heterocycles. The highest BCUT2D eigenvalue weighted by Crippen LogP contribution is 2.36. The highest BCUT2D eigenvalue weighted by Gasteiger charge is 2.43. The predicted octanol–water partition coefficient (Wildman–Crippen LogP) is 2.43. The molecule has 2 aromatic rings. The largest absolute Gasteiger partial charge is 0.324 e. The van der Waals surface area contributed by atoms with Crippen LogP contribution in [-0.2, 0) is 26.7 Å². The second kappa shape index (κ2) is 11.0. The Labute approximate surface area is 214 Å². The number of benzene rings is 1. The fraction of sp³-hybridized carbons (Fsp3) is 0.556. The van der Waals surface area contributed by atoms with Crippen molar-refractivity contribution < 1.29 is 13.2 Å².